The number of rotatable bonds is 4. The van der Waals surface area contributed by atoms with Crippen molar-refractivity contribution in [2.75, 3.05) is 0 Å². The van der Waals surface area contributed by atoms with Crippen molar-refractivity contribution in [3.05, 3.63) is 12.4 Å². The second-order valence-corrected chi connectivity index (χ2v) is 7.81. The SMILES string of the molecule is C[C@H](NS(=O)(=O)c1cnn(C)c1)[C@@H]1C[C@@H]2CC[C@@H]1C2. The fourth-order valence-electron chi connectivity index (χ4n) is 3.84. The van der Waals surface area contributed by atoms with Crippen molar-refractivity contribution in [3.63, 3.8) is 0 Å². The third-order valence-corrected chi connectivity index (χ3v) is 6.28. The summed E-state index contributed by atoms with van der Waals surface area (Å²) in [5.74, 6) is 2.06. The summed E-state index contributed by atoms with van der Waals surface area (Å²) in [6, 6.07) is 0.0144. The number of aryl methyl sites for hydroxylation is 1. The van der Waals surface area contributed by atoms with E-state index in [9.17, 15) is 8.42 Å². The van der Waals surface area contributed by atoms with E-state index >= 15 is 0 Å². The van der Waals surface area contributed by atoms with E-state index in [1.807, 2.05) is 6.92 Å². The molecule has 2 aliphatic rings. The highest BCUT2D eigenvalue weighted by molar-refractivity contribution is 7.89. The number of nitrogens with zero attached hydrogens (tertiary/aromatic N) is 2. The molecule has 5 nitrogen and oxygen atoms in total. The third kappa shape index (κ3) is 2.43. The van der Waals surface area contributed by atoms with E-state index in [4.69, 9.17) is 0 Å². The molecule has 1 aromatic heterocycles. The molecule has 1 N–H and O–H groups in total. The Bertz CT molecular complexity index is 566. The Labute approximate surface area is 114 Å². The lowest BCUT2D eigenvalue weighted by Crippen LogP contribution is -2.39. The molecule has 2 fully saturated rings. The maximum atomic E-state index is 12.3. The highest BCUT2D eigenvalue weighted by Gasteiger charge is 2.42. The molecule has 0 aliphatic heterocycles. The molecule has 2 saturated carbocycles. The molecule has 3 rings (SSSR count). The van der Waals surface area contributed by atoms with Crippen molar-refractivity contribution < 1.29 is 8.42 Å². The van der Waals surface area contributed by atoms with Crippen LogP contribution in [0.3, 0.4) is 0 Å². The van der Waals surface area contributed by atoms with Gasteiger partial charge in [-0.3, -0.25) is 4.68 Å². The maximum absolute atomic E-state index is 12.3. The van der Waals surface area contributed by atoms with Gasteiger partial charge >= 0.3 is 0 Å². The molecule has 0 amide bonds. The van der Waals surface area contributed by atoms with E-state index in [2.05, 4.69) is 9.82 Å². The van der Waals surface area contributed by atoms with Gasteiger partial charge in [0.05, 0.1) is 6.20 Å². The lowest BCUT2D eigenvalue weighted by molar-refractivity contribution is 0.280. The van der Waals surface area contributed by atoms with Crippen molar-refractivity contribution in [2.24, 2.45) is 24.8 Å². The second-order valence-electron chi connectivity index (χ2n) is 6.10. The van der Waals surface area contributed by atoms with Gasteiger partial charge in [0.2, 0.25) is 10.0 Å². The first-order valence-electron chi connectivity index (χ1n) is 6.96. The zero-order valence-corrected chi connectivity index (χ0v) is 12.2. The van der Waals surface area contributed by atoms with Gasteiger partial charge in [-0.2, -0.15) is 5.10 Å². The van der Waals surface area contributed by atoms with E-state index in [1.54, 1.807) is 7.05 Å². The molecule has 0 radical (unpaired) electrons. The normalized spacial score (nSPS) is 31.8. The predicted molar refractivity (Wildman–Crippen MR) is 71.9 cm³/mol. The standard InChI is InChI=1S/C13H21N3O2S/c1-9(13-6-10-3-4-11(13)5-10)15-19(17,18)12-7-14-16(2)8-12/h7-11,13,15H,3-6H2,1-2H3/t9-,10+,11+,13-/m0/s1. The van der Waals surface area contributed by atoms with Crippen LogP contribution in [-0.4, -0.2) is 24.2 Å². The van der Waals surface area contributed by atoms with Crippen LogP contribution in [0.25, 0.3) is 0 Å². The Morgan fingerprint density at radius 3 is 2.74 bits per heavy atom. The Hall–Kier alpha value is -0.880. The summed E-state index contributed by atoms with van der Waals surface area (Å²) in [6.45, 7) is 2.00. The minimum absolute atomic E-state index is 0.0144. The third-order valence-electron chi connectivity index (χ3n) is 4.77. The largest absolute Gasteiger partial charge is 0.274 e. The van der Waals surface area contributed by atoms with Crippen LogP contribution in [0.1, 0.15) is 32.6 Å². The van der Waals surface area contributed by atoms with Crippen molar-refractivity contribution in [1.29, 1.82) is 0 Å². The molecule has 19 heavy (non-hydrogen) atoms. The summed E-state index contributed by atoms with van der Waals surface area (Å²) < 4.78 is 28.9. The van der Waals surface area contributed by atoms with Gasteiger partial charge in [-0.05, 0) is 43.9 Å². The number of hydrogen-bond donors (Lipinski definition) is 1. The van der Waals surface area contributed by atoms with Gasteiger partial charge in [-0.25, -0.2) is 13.1 Å². The first-order valence-corrected chi connectivity index (χ1v) is 8.45. The average molecular weight is 283 g/mol. The van der Waals surface area contributed by atoms with Gasteiger partial charge in [-0.1, -0.05) is 6.42 Å². The van der Waals surface area contributed by atoms with E-state index in [0.717, 1.165) is 11.8 Å². The predicted octanol–water partition coefficient (Wildman–Crippen LogP) is 1.52. The van der Waals surface area contributed by atoms with Gasteiger partial charge in [0.25, 0.3) is 0 Å². The fraction of sp³-hybridized carbons (Fsp3) is 0.769. The van der Waals surface area contributed by atoms with Crippen LogP contribution in [-0.2, 0) is 17.1 Å². The molecule has 6 heteroatoms. The summed E-state index contributed by atoms with van der Waals surface area (Å²) in [7, 11) is -1.71. The molecule has 1 heterocycles. The van der Waals surface area contributed by atoms with E-state index in [0.29, 0.717) is 5.92 Å². The lowest BCUT2D eigenvalue weighted by Gasteiger charge is -2.28. The van der Waals surface area contributed by atoms with Crippen LogP contribution in [0.15, 0.2) is 17.3 Å². The van der Waals surface area contributed by atoms with Crippen LogP contribution in [0.5, 0.6) is 0 Å². The van der Waals surface area contributed by atoms with Crippen LogP contribution in [0, 0.1) is 17.8 Å². The van der Waals surface area contributed by atoms with Gasteiger partial charge in [0, 0.05) is 19.3 Å². The van der Waals surface area contributed by atoms with Crippen molar-refractivity contribution in [2.45, 2.75) is 43.5 Å². The van der Waals surface area contributed by atoms with Crippen LogP contribution < -0.4 is 4.72 Å². The van der Waals surface area contributed by atoms with Gasteiger partial charge in [0.1, 0.15) is 4.90 Å². The Balaban J connectivity index is 1.71. The zero-order chi connectivity index (χ0) is 13.6. The van der Waals surface area contributed by atoms with Gasteiger partial charge in [-0.15, -0.1) is 0 Å². The molecular weight excluding hydrogens is 262 g/mol. The van der Waals surface area contributed by atoms with Gasteiger partial charge in [0.15, 0.2) is 0 Å². The summed E-state index contributed by atoms with van der Waals surface area (Å²) in [6.07, 6.45) is 8.02. The van der Waals surface area contributed by atoms with E-state index < -0.39 is 10.0 Å². The van der Waals surface area contributed by atoms with E-state index in [-0.39, 0.29) is 10.9 Å². The summed E-state index contributed by atoms with van der Waals surface area (Å²) in [5.41, 5.74) is 0. The monoisotopic (exact) mass is 283 g/mol. The number of nitrogens with one attached hydrogen (secondary N) is 1. The fourth-order valence-corrected chi connectivity index (χ4v) is 5.12. The highest BCUT2D eigenvalue weighted by Crippen LogP contribution is 2.49. The first kappa shape index (κ1) is 13.1. The van der Waals surface area contributed by atoms with Gasteiger partial charge < -0.3 is 0 Å². The topological polar surface area (TPSA) is 64.0 Å². The van der Waals surface area contributed by atoms with Crippen LogP contribution >= 0.6 is 0 Å². The Morgan fingerprint density at radius 2 is 2.21 bits per heavy atom. The minimum Gasteiger partial charge on any atom is -0.274 e. The number of aromatic nitrogens is 2. The molecule has 2 bridgehead atoms. The molecular formula is C13H21N3O2S. The smallest absolute Gasteiger partial charge is 0.243 e. The molecule has 4 atom stereocenters. The van der Waals surface area contributed by atoms with Crippen molar-refractivity contribution >= 4 is 10.0 Å². The van der Waals surface area contributed by atoms with Crippen LogP contribution in [0.4, 0.5) is 0 Å². The molecule has 0 aromatic carbocycles. The highest BCUT2D eigenvalue weighted by atomic mass is 32.2. The number of sulfonamides is 1. The first-order chi connectivity index (χ1) is 8.95. The molecule has 0 spiro atoms. The Kier molecular flexibility index (Phi) is 3.17. The second kappa shape index (κ2) is 4.59. The van der Waals surface area contributed by atoms with Crippen LogP contribution in [0.2, 0.25) is 0 Å². The quantitative estimate of drug-likeness (QED) is 0.911. The minimum atomic E-state index is -3.43. The molecule has 1 aromatic rings. The molecule has 0 unspecified atom stereocenters. The van der Waals surface area contributed by atoms with Crippen molar-refractivity contribution in [3.8, 4) is 0 Å². The molecule has 0 saturated heterocycles. The molecule has 2 aliphatic carbocycles. The lowest BCUT2D eigenvalue weighted by atomic mass is 9.84. The van der Waals surface area contributed by atoms with E-state index in [1.165, 1.54) is 42.8 Å². The Morgan fingerprint density at radius 1 is 1.42 bits per heavy atom. The summed E-state index contributed by atoms with van der Waals surface area (Å²) in [4.78, 5) is 0.255. The van der Waals surface area contributed by atoms with Crippen molar-refractivity contribution in [1.82, 2.24) is 14.5 Å². The zero-order valence-electron chi connectivity index (χ0n) is 11.4. The molecule has 106 valence electrons. The average Bonchev–Trinajstić information content (AvgIpc) is 3.02. The summed E-state index contributed by atoms with van der Waals surface area (Å²) in [5, 5.41) is 3.92. The number of fused-ring (bicyclic) bond motifs is 2. The summed E-state index contributed by atoms with van der Waals surface area (Å²) >= 11 is 0. The number of hydrogen-bond acceptors (Lipinski definition) is 3. The maximum Gasteiger partial charge on any atom is 0.243 e.